The summed E-state index contributed by atoms with van der Waals surface area (Å²) < 4.78 is 42.0. The van der Waals surface area contributed by atoms with E-state index in [9.17, 15) is 13.2 Å². The number of hydrogen-bond acceptors (Lipinski definition) is 1. The number of ether oxygens (including phenoxy) is 1. The monoisotopic (exact) mass is 248 g/mol. The van der Waals surface area contributed by atoms with Gasteiger partial charge in [-0.1, -0.05) is 38.2 Å². The summed E-state index contributed by atoms with van der Waals surface area (Å²) in [5.41, 5.74) is 0.867. The summed E-state index contributed by atoms with van der Waals surface area (Å²) >= 11 is 0. The molecule has 4 heteroatoms. The first-order chi connectivity index (χ1) is 7.68. The second-order valence-electron chi connectivity index (χ2n) is 4.14. The van der Waals surface area contributed by atoms with E-state index in [1.165, 1.54) is 0 Å². The van der Waals surface area contributed by atoms with Gasteiger partial charge in [0.1, 0.15) is 0 Å². The van der Waals surface area contributed by atoms with E-state index in [1.54, 1.807) is 32.1 Å². The van der Waals surface area contributed by atoms with E-state index < -0.39 is 12.3 Å². The highest BCUT2D eigenvalue weighted by molar-refractivity contribution is 5.21. The molecular formula is C13H19F3O. The van der Waals surface area contributed by atoms with E-state index in [1.807, 2.05) is 6.92 Å². The largest absolute Gasteiger partial charge is 0.485 e. The van der Waals surface area contributed by atoms with Gasteiger partial charge in [-0.25, -0.2) is 0 Å². The Morgan fingerprint density at radius 2 is 1.71 bits per heavy atom. The van der Waals surface area contributed by atoms with Gasteiger partial charge in [-0.15, -0.1) is 0 Å². The molecule has 0 aromatic rings. The van der Waals surface area contributed by atoms with Gasteiger partial charge >= 0.3 is 6.18 Å². The van der Waals surface area contributed by atoms with Crippen LogP contribution in [0, 0.1) is 5.92 Å². The molecule has 0 aromatic heterocycles. The lowest BCUT2D eigenvalue weighted by Gasteiger charge is -2.21. The molecule has 0 fully saturated rings. The van der Waals surface area contributed by atoms with Crippen LogP contribution in [0.3, 0.4) is 0 Å². The second-order valence-corrected chi connectivity index (χ2v) is 4.14. The van der Waals surface area contributed by atoms with E-state index in [0.717, 1.165) is 12.5 Å². The Balaban J connectivity index is 4.84. The van der Waals surface area contributed by atoms with Crippen molar-refractivity contribution in [2.45, 2.75) is 40.0 Å². The molecule has 0 N–H and O–H groups in total. The first-order valence-corrected chi connectivity index (χ1v) is 5.42. The Hall–Kier alpha value is -1.19. The van der Waals surface area contributed by atoms with Crippen LogP contribution in [0.15, 0.2) is 36.1 Å². The van der Waals surface area contributed by atoms with Crippen LogP contribution in [0.5, 0.6) is 0 Å². The molecule has 98 valence electrons. The predicted octanol–water partition coefficient (Wildman–Crippen LogP) is 4.63. The summed E-state index contributed by atoms with van der Waals surface area (Å²) in [5, 5.41) is 0. The zero-order valence-corrected chi connectivity index (χ0v) is 10.6. The highest BCUT2D eigenvalue weighted by Gasteiger charge is 2.38. The Kier molecular flexibility index (Phi) is 6.07. The van der Waals surface area contributed by atoms with E-state index in [0.29, 0.717) is 5.76 Å². The fraction of sp³-hybridized carbons (Fsp3) is 0.538. The Morgan fingerprint density at radius 3 is 2.06 bits per heavy atom. The molecule has 0 rings (SSSR count). The van der Waals surface area contributed by atoms with Crippen molar-refractivity contribution in [2.24, 2.45) is 5.92 Å². The van der Waals surface area contributed by atoms with Crippen molar-refractivity contribution in [3.8, 4) is 0 Å². The molecule has 0 bridgehead atoms. The lowest BCUT2D eigenvalue weighted by Crippen LogP contribution is -2.29. The van der Waals surface area contributed by atoms with Crippen LogP contribution in [0.2, 0.25) is 0 Å². The van der Waals surface area contributed by atoms with Gasteiger partial charge < -0.3 is 4.74 Å². The molecule has 0 heterocycles. The smallest absolute Gasteiger partial charge is 0.425 e. The molecule has 0 spiro atoms. The first kappa shape index (κ1) is 15.8. The fourth-order valence-corrected chi connectivity index (χ4v) is 0.920. The van der Waals surface area contributed by atoms with Crippen molar-refractivity contribution in [2.75, 3.05) is 0 Å². The molecule has 1 nitrogen and oxygen atoms in total. The SMILES string of the molecule is C=C/C(C)=C\C=C(\OC(C)C(F)(F)F)C(C)C. The van der Waals surface area contributed by atoms with Gasteiger partial charge in [-0.2, -0.15) is 13.2 Å². The average molecular weight is 248 g/mol. The molecular weight excluding hydrogens is 229 g/mol. The fourth-order valence-electron chi connectivity index (χ4n) is 0.920. The molecule has 0 aromatic carbocycles. The summed E-state index contributed by atoms with van der Waals surface area (Å²) in [6.07, 6.45) is -1.27. The van der Waals surface area contributed by atoms with Gasteiger partial charge in [0.25, 0.3) is 0 Å². The van der Waals surface area contributed by atoms with Crippen LogP contribution in [0.4, 0.5) is 13.2 Å². The second kappa shape index (κ2) is 6.52. The molecule has 0 saturated carbocycles. The standard InChI is InChI=1S/C13H19F3O/c1-6-10(4)7-8-12(9(2)3)17-11(5)13(14,15)16/h6-9,11H,1H2,2-5H3/b10-7-,12-8+. The lowest BCUT2D eigenvalue weighted by molar-refractivity contribution is -0.205. The maximum Gasteiger partial charge on any atom is 0.425 e. The topological polar surface area (TPSA) is 9.23 Å². The van der Waals surface area contributed by atoms with Gasteiger partial charge in [0.05, 0.1) is 5.76 Å². The minimum absolute atomic E-state index is 0.103. The number of allylic oxidation sites excluding steroid dienone is 5. The van der Waals surface area contributed by atoms with E-state index in [4.69, 9.17) is 4.74 Å². The maximum absolute atomic E-state index is 12.4. The van der Waals surface area contributed by atoms with Crippen LogP contribution in [0.1, 0.15) is 27.7 Å². The Morgan fingerprint density at radius 1 is 1.18 bits per heavy atom. The van der Waals surface area contributed by atoms with Crippen LogP contribution < -0.4 is 0 Å². The predicted molar refractivity (Wildman–Crippen MR) is 63.5 cm³/mol. The van der Waals surface area contributed by atoms with E-state index >= 15 is 0 Å². The molecule has 0 aliphatic rings. The van der Waals surface area contributed by atoms with Gasteiger partial charge in [0, 0.05) is 5.92 Å². The van der Waals surface area contributed by atoms with Crippen LogP contribution >= 0.6 is 0 Å². The van der Waals surface area contributed by atoms with Gasteiger partial charge in [0.15, 0.2) is 6.10 Å². The minimum Gasteiger partial charge on any atom is -0.485 e. The van der Waals surface area contributed by atoms with Gasteiger partial charge in [-0.3, -0.25) is 0 Å². The Bertz CT molecular complexity index is 311. The number of alkyl halides is 3. The summed E-state index contributed by atoms with van der Waals surface area (Å²) in [5.74, 6) is 0.213. The molecule has 1 atom stereocenters. The molecule has 0 radical (unpaired) electrons. The third-order valence-corrected chi connectivity index (χ3v) is 2.18. The number of halogens is 3. The molecule has 0 amide bonds. The normalized spacial score (nSPS) is 16.0. The molecule has 0 saturated heterocycles. The highest BCUT2D eigenvalue weighted by Crippen LogP contribution is 2.26. The molecule has 0 aliphatic heterocycles. The van der Waals surface area contributed by atoms with E-state index in [-0.39, 0.29) is 5.92 Å². The lowest BCUT2D eigenvalue weighted by atomic mass is 10.1. The summed E-state index contributed by atoms with van der Waals surface area (Å²) in [7, 11) is 0. The van der Waals surface area contributed by atoms with Crippen LogP contribution in [0.25, 0.3) is 0 Å². The minimum atomic E-state index is -4.34. The van der Waals surface area contributed by atoms with Gasteiger partial charge in [0.2, 0.25) is 0 Å². The number of rotatable bonds is 5. The van der Waals surface area contributed by atoms with Crippen molar-refractivity contribution in [1.29, 1.82) is 0 Å². The summed E-state index contributed by atoms with van der Waals surface area (Å²) in [6, 6.07) is 0. The molecule has 17 heavy (non-hydrogen) atoms. The zero-order chi connectivity index (χ0) is 13.6. The van der Waals surface area contributed by atoms with Crippen molar-refractivity contribution in [1.82, 2.24) is 0 Å². The Labute approximate surface area is 101 Å². The van der Waals surface area contributed by atoms with Crippen LogP contribution in [-0.4, -0.2) is 12.3 Å². The highest BCUT2D eigenvalue weighted by atomic mass is 19.4. The summed E-state index contributed by atoms with van der Waals surface area (Å²) in [4.78, 5) is 0. The van der Waals surface area contributed by atoms with Crippen molar-refractivity contribution < 1.29 is 17.9 Å². The zero-order valence-electron chi connectivity index (χ0n) is 10.6. The molecule has 1 unspecified atom stereocenters. The quantitative estimate of drug-likeness (QED) is 0.509. The average Bonchev–Trinajstić information content (AvgIpc) is 2.21. The summed E-state index contributed by atoms with van der Waals surface area (Å²) in [6.45, 7) is 9.95. The molecule has 0 aliphatic carbocycles. The third-order valence-electron chi connectivity index (χ3n) is 2.18. The van der Waals surface area contributed by atoms with Gasteiger partial charge in [-0.05, 0) is 19.9 Å². The first-order valence-electron chi connectivity index (χ1n) is 5.42. The number of hydrogen-bond donors (Lipinski definition) is 0. The van der Waals surface area contributed by atoms with E-state index in [2.05, 4.69) is 6.58 Å². The van der Waals surface area contributed by atoms with Crippen molar-refractivity contribution in [3.63, 3.8) is 0 Å². The van der Waals surface area contributed by atoms with Crippen LogP contribution in [-0.2, 0) is 4.74 Å². The van der Waals surface area contributed by atoms with Crippen molar-refractivity contribution in [3.05, 3.63) is 36.1 Å². The third kappa shape index (κ3) is 6.19. The maximum atomic E-state index is 12.4. The van der Waals surface area contributed by atoms with Crippen molar-refractivity contribution >= 4 is 0 Å².